The first-order valence-electron chi connectivity index (χ1n) is 7.02. The number of nitrogens with zero attached hydrogens (tertiary/aromatic N) is 3. The Hall–Kier alpha value is -2.35. The Kier molecular flexibility index (Phi) is 3.87. The highest BCUT2D eigenvalue weighted by molar-refractivity contribution is 7.71. The molecular formula is C14H14FN5O3S. The minimum Gasteiger partial charge on any atom is -0.390 e. The van der Waals surface area contributed by atoms with Crippen LogP contribution in [0.3, 0.4) is 0 Å². The predicted octanol–water partition coefficient (Wildman–Crippen LogP) is 0.650. The molecule has 4 atom stereocenters. The number of aromatic nitrogens is 4. The van der Waals surface area contributed by atoms with Crippen LogP contribution in [0.5, 0.6) is 0 Å². The summed E-state index contributed by atoms with van der Waals surface area (Å²) in [7, 11) is 0. The molecule has 1 saturated heterocycles. The van der Waals surface area contributed by atoms with Crippen molar-refractivity contribution in [3.63, 3.8) is 0 Å². The van der Waals surface area contributed by atoms with E-state index in [0.29, 0.717) is 0 Å². The number of carbonyl (C=O) groups excluding carboxylic acids is 1. The maximum atomic E-state index is 15.4. The van der Waals surface area contributed by atoms with Crippen LogP contribution in [-0.2, 0) is 9.53 Å². The second-order valence-corrected chi connectivity index (χ2v) is 5.76. The normalized spacial score (nSPS) is 27.9. The number of hydrogen-bond acceptors (Lipinski definition) is 7. The van der Waals surface area contributed by atoms with Gasteiger partial charge < -0.3 is 20.6 Å². The van der Waals surface area contributed by atoms with Crippen molar-refractivity contribution in [1.82, 2.24) is 19.5 Å². The second kappa shape index (κ2) is 5.62. The van der Waals surface area contributed by atoms with E-state index in [1.54, 1.807) is 0 Å². The number of ketones is 1. The van der Waals surface area contributed by atoms with E-state index in [9.17, 15) is 9.90 Å². The molecule has 0 aromatic carbocycles. The number of fused-ring (bicyclic) bond motifs is 1. The highest BCUT2D eigenvalue weighted by atomic mass is 32.1. The highest BCUT2D eigenvalue weighted by Gasteiger charge is 2.59. The van der Waals surface area contributed by atoms with Crippen molar-refractivity contribution in [2.75, 3.05) is 5.73 Å². The van der Waals surface area contributed by atoms with E-state index in [4.69, 9.17) is 22.7 Å². The number of nitrogens with two attached hydrogens (primary N) is 1. The molecule has 8 nitrogen and oxygen atoms in total. The van der Waals surface area contributed by atoms with Gasteiger partial charge in [-0.2, -0.15) is 0 Å². The number of aliphatic hydroxyl groups is 1. The van der Waals surface area contributed by atoms with Gasteiger partial charge in [0, 0.05) is 0 Å². The standard InChI is InChI=1S/C14H14FN5O3S/c1-3-4-14(15)9(22)8(6(2)21)23-12(14)20-5-17-7-10(20)18-13(16)19-11(7)24/h5-6,8,12,21H,1-2H3,(H3,16,18,19,24)/t6-,8-,12-,14?/m1/s1. The van der Waals surface area contributed by atoms with Crippen molar-refractivity contribution in [2.24, 2.45) is 0 Å². The number of aliphatic hydroxyl groups excluding tert-OH is 1. The van der Waals surface area contributed by atoms with Crippen LogP contribution in [0.25, 0.3) is 11.2 Å². The fourth-order valence-corrected chi connectivity index (χ4v) is 2.90. The Morgan fingerprint density at radius 2 is 2.38 bits per heavy atom. The van der Waals surface area contributed by atoms with Gasteiger partial charge in [-0.3, -0.25) is 9.36 Å². The lowest BCUT2D eigenvalue weighted by molar-refractivity contribution is -0.130. The van der Waals surface area contributed by atoms with Crippen LogP contribution in [0, 0.1) is 16.5 Å². The average Bonchev–Trinajstić information content (AvgIpc) is 3.00. The van der Waals surface area contributed by atoms with Crippen LogP contribution < -0.4 is 5.73 Å². The molecule has 1 unspecified atom stereocenters. The van der Waals surface area contributed by atoms with Crippen LogP contribution in [0.4, 0.5) is 10.3 Å². The second-order valence-electron chi connectivity index (χ2n) is 5.38. The molecule has 4 N–H and O–H groups in total. The molecule has 0 radical (unpaired) electrons. The summed E-state index contributed by atoms with van der Waals surface area (Å²) in [6.07, 6.45) is -2.74. The zero-order chi connectivity index (χ0) is 17.6. The SMILES string of the molecule is CC#CC1(F)C(=O)[C@@H]([C@@H](C)O)O[C@H]1n1cnc2c(=S)nc(N)[nH]c21. The van der Waals surface area contributed by atoms with Crippen molar-refractivity contribution in [2.45, 2.75) is 38.0 Å². The Labute approximate surface area is 140 Å². The molecular weight excluding hydrogens is 337 g/mol. The van der Waals surface area contributed by atoms with Crippen molar-refractivity contribution in [3.05, 3.63) is 11.0 Å². The molecule has 1 aliphatic heterocycles. The van der Waals surface area contributed by atoms with E-state index in [0.717, 1.165) is 0 Å². The quantitative estimate of drug-likeness (QED) is 0.537. The number of aromatic amines is 1. The van der Waals surface area contributed by atoms with Gasteiger partial charge in [0.1, 0.15) is 17.3 Å². The maximum Gasteiger partial charge on any atom is 0.275 e. The summed E-state index contributed by atoms with van der Waals surface area (Å²) in [5, 5.41) is 9.70. The Morgan fingerprint density at radius 1 is 1.67 bits per heavy atom. The fourth-order valence-electron chi connectivity index (χ4n) is 2.65. The number of anilines is 1. The number of H-pyrrole nitrogens is 1. The number of hydrogen-bond donors (Lipinski definition) is 3. The van der Waals surface area contributed by atoms with Crippen molar-refractivity contribution >= 4 is 35.1 Å². The van der Waals surface area contributed by atoms with Crippen LogP contribution in [0.1, 0.15) is 20.1 Å². The van der Waals surface area contributed by atoms with Crippen molar-refractivity contribution < 1.29 is 19.0 Å². The molecule has 0 amide bonds. The fraction of sp³-hybridized carbons (Fsp3) is 0.429. The molecule has 1 fully saturated rings. The van der Waals surface area contributed by atoms with Gasteiger partial charge in [-0.05, 0) is 19.8 Å². The van der Waals surface area contributed by atoms with Crippen LogP contribution in [0.15, 0.2) is 6.33 Å². The molecule has 1 aliphatic rings. The summed E-state index contributed by atoms with van der Waals surface area (Å²) in [4.78, 5) is 23.0. The summed E-state index contributed by atoms with van der Waals surface area (Å²) in [5.41, 5.74) is 3.52. The average molecular weight is 351 g/mol. The van der Waals surface area contributed by atoms with E-state index in [1.165, 1.54) is 24.7 Å². The number of alkyl halides is 1. The van der Waals surface area contributed by atoms with Gasteiger partial charge in [0.2, 0.25) is 5.78 Å². The number of imidazole rings is 1. The molecule has 0 saturated carbocycles. The molecule has 3 heterocycles. The number of ether oxygens (including phenoxy) is 1. The summed E-state index contributed by atoms with van der Waals surface area (Å²) in [6, 6.07) is 0. The molecule has 24 heavy (non-hydrogen) atoms. The summed E-state index contributed by atoms with van der Waals surface area (Å²) >= 11 is 5.07. The van der Waals surface area contributed by atoms with Crippen LogP contribution in [0.2, 0.25) is 0 Å². The van der Waals surface area contributed by atoms with Gasteiger partial charge in [0.25, 0.3) is 5.67 Å². The number of halogens is 1. The molecule has 0 spiro atoms. The molecule has 0 aliphatic carbocycles. The number of carbonyl (C=O) groups is 1. The third kappa shape index (κ3) is 2.29. The molecule has 0 bridgehead atoms. The zero-order valence-electron chi connectivity index (χ0n) is 12.8. The van der Waals surface area contributed by atoms with Gasteiger partial charge in [-0.15, -0.1) is 5.92 Å². The highest BCUT2D eigenvalue weighted by Crippen LogP contribution is 2.40. The first kappa shape index (κ1) is 16.5. The van der Waals surface area contributed by atoms with Gasteiger partial charge in [0.05, 0.1) is 12.4 Å². The number of rotatable bonds is 2. The smallest absolute Gasteiger partial charge is 0.275 e. The zero-order valence-corrected chi connectivity index (χ0v) is 13.6. The lowest BCUT2D eigenvalue weighted by Crippen LogP contribution is -2.39. The van der Waals surface area contributed by atoms with Gasteiger partial charge in [0.15, 0.2) is 16.8 Å². The Morgan fingerprint density at radius 3 is 3.00 bits per heavy atom. The largest absolute Gasteiger partial charge is 0.390 e. The molecule has 2 aromatic rings. The first-order chi connectivity index (χ1) is 11.3. The minimum atomic E-state index is -2.64. The monoisotopic (exact) mass is 351 g/mol. The molecule has 10 heteroatoms. The van der Waals surface area contributed by atoms with E-state index in [1.807, 2.05) is 0 Å². The number of Topliss-reactive ketones (excluding diaryl/α,β-unsaturated/α-hetero) is 1. The number of nitrogen functional groups attached to an aromatic ring is 1. The van der Waals surface area contributed by atoms with E-state index < -0.39 is 29.9 Å². The lowest BCUT2D eigenvalue weighted by Gasteiger charge is -2.20. The van der Waals surface area contributed by atoms with E-state index in [-0.39, 0.29) is 21.8 Å². The summed E-state index contributed by atoms with van der Waals surface area (Å²) in [5.74, 6) is 3.71. The van der Waals surface area contributed by atoms with Gasteiger partial charge >= 0.3 is 0 Å². The van der Waals surface area contributed by atoms with Crippen molar-refractivity contribution in [3.8, 4) is 11.8 Å². The third-order valence-electron chi connectivity index (χ3n) is 3.70. The summed E-state index contributed by atoms with van der Waals surface area (Å²) < 4.78 is 22.2. The Bertz CT molecular complexity index is 943. The first-order valence-corrected chi connectivity index (χ1v) is 7.43. The molecule has 2 aromatic heterocycles. The van der Waals surface area contributed by atoms with E-state index in [2.05, 4.69) is 26.8 Å². The number of nitrogens with one attached hydrogen (secondary N) is 1. The topological polar surface area (TPSA) is 119 Å². The van der Waals surface area contributed by atoms with Gasteiger partial charge in [-0.1, -0.05) is 12.2 Å². The van der Waals surface area contributed by atoms with Crippen LogP contribution in [-0.4, -0.2) is 48.3 Å². The third-order valence-corrected chi connectivity index (χ3v) is 3.98. The van der Waals surface area contributed by atoms with Crippen molar-refractivity contribution in [1.29, 1.82) is 0 Å². The molecule has 3 rings (SSSR count). The lowest BCUT2D eigenvalue weighted by atomic mass is 9.96. The Balaban J connectivity index is 2.22. The van der Waals surface area contributed by atoms with E-state index >= 15 is 4.39 Å². The minimum absolute atomic E-state index is 0.0108. The molecule has 126 valence electrons. The summed E-state index contributed by atoms with van der Waals surface area (Å²) in [6.45, 7) is 2.74. The van der Waals surface area contributed by atoms with Crippen LogP contribution >= 0.6 is 12.2 Å². The predicted molar refractivity (Wildman–Crippen MR) is 85.0 cm³/mol. The maximum absolute atomic E-state index is 15.4. The van der Waals surface area contributed by atoms with Gasteiger partial charge in [-0.25, -0.2) is 14.4 Å².